The summed E-state index contributed by atoms with van der Waals surface area (Å²) in [7, 11) is 1.71. The van der Waals surface area contributed by atoms with Gasteiger partial charge in [0.25, 0.3) is 0 Å². The van der Waals surface area contributed by atoms with Gasteiger partial charge >= 0.3 is 0 Å². The van der Waals surface area contributed by atoms with Crippen molar-refractivity contribution in [2.45, 2.75) is 0 Å². The van der Waals surface area contributed by atoms with Crippen molar-refractivity contribution in [1.82, 2.24) is 15.0 Å². The quantitative estimate of drug-likeness (QED) is 0.713. The van der Waals surface area contributed by atoms with Gasteiger partial charge < -0.3 is 5.32 Å². The van der Waals surface area contributed by atoms with Crippen LogP contribution in [0.3, 0.4) is 0 Å². The number of nitrogens with zero attached hydrogens (tertiary/aromatic N) is 3. The molecule has 0 aromatic carbocycles. The third-order valence-corrected chi connectivity index (χ3v) is 1.74. The second kappa shape index (κ2) is 2.93. The van der Waals surface area contributed by atoms with Crippen molar-refractivity contribution < 1.29 is 4.39 Å². The van der Waals surface area contributed by atoms with E-state index < -0.39 is 5.82 Å². The summed E-state index contributed by atoms with van der Waals surface area (Å²) in [5.41, 5.74) is 0.286. The molecule has 0 aliphatic heterocycles. The lowest BCUT2D eigenvalue weighted by Crippen LogP contribution is -1.96. The van der Waals surface area contributed by atoms with Crippen molar-refractivity contribution in [3.8, 4) is 0 Å². The van der Waals surface area contributed by atoms with E-state index in [1.807, 2.05) is 0 Å². The van der Waals surface area contributed by atoms with Crippen molar-refractivity contribution >= 4 is 16.7 Å². The molecular weight excluding hydrogens is 171 g/mol. The Hall–Kier alpha value is -1.78. The van der Waals surface area contributed by atoms with Crippen LogP contribution in [0.2, 0.25) is 0 Å². The summed E-state index contributed by atoms with van der Waals surface area (Å²) in [5.74, 6) is 0.147. The first-order valence-corrected chi connectivity index (χ1v) is 3.75. The molecule has 0 unspecified atom stereocenters. The lowest BCUT2D eigenvalue weighted by atomic mass is 10.3. The summed E-state index contributed by atoms with van der Waals surface area (Å²) in [6.07, 6.45) is 3.98. The highest BCUT2D eigenvalue weighted by molar-refractivity contribution is 5.88. The Bertz CT molecular complexity index is 443. The highest BCUT2D eigenvalue weighted by atomic mass is 19.1. The van der Waals surface area contributed by atoms with E-state index in [4.69, 9.17) is 0 Å². The molecule has 2 aromatic rings. The molecule has 1 N–H and O–H groups in total. The largest absolute Gasteiger partial charge is 0.372 e. The number of hydrogen-bond acceptors (Lipinski definition) is 4. The van der Waals surface area contributed by atoms with E-state index in [9.17, 15) is 4.39 Å². The zero-order valence-electron chi connectivity index (χ0n) is 6.95. The fourth-order valence-electron chi connectivity index (χ4n) is 1.15. The number of halogens is 1. The molecule has 2 rings (SSSR count). The Labute approximate surface area is 73.9 Å². The van der Waals surface area contributed by atoms with Crippen molar-refractivity contribution in [2.75, 3.05) is 12.4 Å². The van der Waals surface area contributed by atoms with Crippen molar-refractivity contribution in [2.24, 2.45) is 0 Å². The number of hydrogen-bond donors (Lipinski definition) is 1. The number of rotatable bonds is 1. The highest BCUT2D eigenvalue weighted by Gasteiger charge is 2.05. The molecule has 2 heterocycles. The Kier molecular flexibility index (Phi) is 1.77. The first-order valence-electron chi connectivity index (χ1n) is 3.75. The van der Waals surface area contributed by atoms with Gasteiger partial charge in [0, 0.05) is 13.2 Å². The van der Waals surface area contributed by atoms with E-state index in [1.165, 1.54) is 12.5 Å². The summed E-state index contributed by atoms with van der Waals surface area (Å²) in [4.78, 5) is 11.5. The van der Waals surface area contributed by atoms with Crippen LogP contribution in [0.1, 0.15) is 0 Å². The summed E-state index contributed by atoms with van der Waals surface area (Å²) in [6, 6.07) is 0. The molecule has 5 heteroatoms. The van der Waals surface area contributed by atoms with E-state index in [0.717, 1.165) is 6.20 Å². The van der Waals surface area contributed by atoms with Crippen LogP contribution < -0.4 is 5.32 Å². The fourth-order valence-corrected chi connectivity index (χ4v) is 1.15. The maximum atomic E-state index is 13.1. The average molecular weight is 178 g/mol. The average Bonchev–Trinajstić information content (AvgIpc) is 2.18. The van der Waals surface area contributed by atoms with E-state index in [0.29, 0.717) is 11.2 Å². The first kappa shape index (κ1) is 7.85. The SMILES string of the molecule is CNc1ncnc2c(F)cncc12. The Balaban J connectivity index is 2.84. The predicted octanol–water partition coefficient (Wildman–Crippen LogP) is 1.21. The summed E-state index contributed by atoms with van der Waals surface area (Å²) < 4.78 is 13.1. The van der Waals surface area contributed by atoms with Crippen LogP contribution in [0, 0.1) is 5.82 Å². The number of pyridine rings is 1. The monoisotopic (exact) mass is 178 g/mol. The summed E-state index contributed by atoms with van der Waals surface area (Å²) in [5, 5.41) is 3.43. The summed E-state index contributed by atoms with van der Waals surface area (Å²) >= 11 is 0. The molecule has 4 nitrogen and oxygen atoms in total. The van der Waals surface area contributed by atoms with Gasteiger partial charge in [-0.2, -0.15) is 0 Å². The van der Waals surface area contributed by atoms with E-state index >= 15 is 0 Å². The maximum absolute atomic E-state index is 13.1. The van der Waals surface area contributed by atoms with Crippen molar-refractivity contribution in [3.05, 3.63) is 24.5 Å². The molecule has 0 atom stereocenters. The fraction of sp³-hybridized carbons (Fsp3) is 0.125. The van der Waals surface area contributed by atoms with Gasteiger partial charge in [-0.25, -0.2) is 14.4 Å². The van der Waals surface area contributed by atoms with Gasteiger partial charge in [0.1, 0.15) is 17.7 Å². The lowest BCUT2D eigenvalue weighted by Gasteiger charge is -2.02. The van der Waals surface area contributed by atoms with Gasteiger partial charge in [-0.1, -0.05) is 0 Å². The van der Waals surface area contributed by atoms with Gasteiger partial charge in [0.2, 0.25) is 0 Å². The smallest absolute Gasteiger partial charge is 0.167 e. The maximum Gasteiger partial charge on any atom is 0.167 e. The standard InChI is InChI=1S/C8H7FN4/c1-10-8-5-2-11-3-6(9)7(5)12-4-13-8/h2-4H,1H3,(H,10,12,13). The number of anilines is 1. The van der Waals surface area contributed by atoms with E-state index in [2.05, 4.69) is 20.3 Å². The second-order valence-corrected chi connectivity index (χ2v) is 2.49. The van der Waals surface area contributed by atoms with Crippen LogP contribution in [0.15, 0.2) is 18.7 Å². The minimum Gasteiger partial charge on any atom is -0.372 e. The van der Waals surface area contributed by atoms with Crippen LogP contribution in [0.25, 0.3) is 10.9 Å². The summed E-state index contributed by atoms with van der Waals surface area (Å²) in [6.45, 7) is 0. The van der Waals surface area contributed by atoms with Crippen LogP contribution >= 0.6 is 0 Å². The molecule has 66 valence electrons. The molecule has 0 saturated heterocycles. The predicted molar refractivity (Wildman–Crippen MR) is 46.8 cm³/mol. The first-order chi connectivity index (χ1) is 6.33. The van der Waals surface area contributed by atoms with Crippen LogP contribution in [-0.4, -0.2) is 22.0 Å². The van der Waals surface area contributed by atoms with E-state index in [1.54, 1.807) is 7.05 Å². The normalized spacial score (nSPS) is 10.3. The minimum absolute atomic E-state index is 0.286. The van der Waals surface area contributed by atoms with Gasteiger partial charge in [0.15, 0.2) is 5.82 Å². The molecule has 0 bridgehead atoms. The van der Waals surface area contributed by atoms with Crippen molar-refractivity contribution in [1.29, 1.82) is 0 Å². The molecule has 0 spiro atoms. The molecule has 0 amide bonds. The highest BCUT2D eigenvalue weighted by Crippen LogP contribution is 2.18. The second-order valence-electron chi connectivity index (χ2n) is 2.49. The molecule has 0 saturated carbocycles. The molecule has 2 aromatic heterocycles. The molecule has 0 fully saturated rings. The topological polar surface area (TPSA) is 50.7 Å². The molecular formula is C8H7FN4. The van der Waals surface area contributed by atoms with Crippen molar-refractivity contribution in [3.63, 3.8) is 0 Å². The minimum atomic E-state index is -0.434. The Morgan fingerprint density at radius 2 is 2.15 bits per heavy atom. The Morgan fingerprint density at radius 1 is 1.31 bits per heavy atom. The van der Waals surface area contributed by atoms with E-state index in [-0.39, 0.29) is 5.52 Å². The molecule has 0 aliphatic carbocycles. The van der Waals surface area contributed by atoms with Gasteiger partial charge in [-0.15, -0.1) is 0 Å². The third kappa shape index (κ3) is 1.18. The lowest BCUT2D eigenvalue weighted by molar-refractivity contribution is 0.630. The van der Waals surface area contributed by atoms with Gasteiger partial charge in [0.05, 0.1) is 11.6 Å². The molecule has 0 aliphatic rings. The zero-order chi connectivity index (χ0) is 9.26. The molecule has 13 heavy (non-hydrogen) atoms. The number of nitrogens with one attached hydrogen (secondary N) is 1. The zero-order valence-corrected chi connectivity index (χ0v) is 6.95. The van der Waals surface area contributed by atoms with Crippen LogP contribution in [0.5, 0.6) is 0 Å². The Morgan fingerprint density at radius 3 is 2.92 bits per heavy atom. The van der Waals surface area contributed by atoms with Crippen LogP contribution in [0.4, 0.5) is 10.2 Å². The third-order valence-electron chi connectivity index (χ3n) is 1.74. The number of aromatic nitrogens is 3. The van der Waals surface area contributed by atoms with Gasteiger partial charge in [-0.3, -0.25) is 4.98 Å². The number of fused-ring (bicyclic) bond motifs is 1. The molecule has 0 radical (unpaired) electrons. The van der Waals surface area contributed by atoms with Gasteiger partial charge in [-0.05, 0) is 0 Å². The van der Waals surface area contributed by atoms with Crippen LogP contribution in [-0.2, 0) is 0 Å².